The van der Waals surface area contributed by atoms with E-state index in [-0.39, 0.29) is 3.23 Å². The van der Waals surface area contributed by atoms with Gasteiger partial charge in [0.25, 0.3) is 0 Å². The van der Waals surface area contributed by atoms with Crippen molar-refractivity contribution in [2.24, 2.45) is 0 Å². The molecular weight excluding hydrogens is 336 g/mol. The molecule has 0 aromatic carbocycles. The van der Waals surface area contributed by atoms with Crippen molar-refractivity contribution in [1.82, 2.24) is 0 Å². The highest BCUT2D eigenvalue weighted by molar-refractivity contribution is 9.26. The van der Waals surface area contributed by atoms with E-state index in [4.69, 9.17) is 0 Å². The van der Waals surface area contributed by atoms with Crippen LogP contribution in [-0.4, -0.2) is 8.06 Å². The van der Waals surface area contributed by atoms with Gasteiger partial charge in [-0.2, -0.15) is 0 Å². The van der Waals surface area contributed by atoms with E-state index in [0.29, 0.717) is 4.83 Å². The molecule has 11 heavy (non-hydrogen) atoms. The van der Waals surface area contributed by atoms with E-state index in [0.717, 1.165) is 0 Å². The number of hydrogen-bond donors (Lipinski definition) is 0. The second-order valence-corrected chi connectivity index (χ2v) is 8.18. The van der Waals surface area contributed by atoms with Gasteiger partial charge in [-0.1, -0.05) is 73.5 Å². The van der Waals surface area contributed by atoms with Crippen LogP contribution >= 0.6 is 47.8 Å². The van der Waals surface area contributed by atoms with E-state index in [9.17, 15) is 0 Å². The maximum absolute atomic E-state index is 3.71. The fraction of sp³-hybridized carbons (Fsp3) is 1.00. The van der Waals surface area contributed by atoms with Gasteiger partial charge in [0.2, 0.25) is 0 Å². The minimum absolute atomic E-state index is 0.153. The third-order valence-electron chi connectivity index (χ3n) is 2.18. The molecule has 0 aliphatic heterocycles. The minimum atomic E-state index is 0.153. The van der Waals surface area contributed by atoms with Crippen LogP contribution in [0.4, 0.5) is 0 Å². The van der Waals surface area contributed by atoms with Gasteiger partial charge in [0.15, 0.2) is 0 Å². The van der Waals surface area contributed by atoms with Crippen LogP contribution in [0.15, 0.2) is 0 Å². The normalized spacial score (nSPS) is 32.5. The molecule has 0 radical (unpaired) electrons. The number of halogens is 3. The first-order chi connectivity index (χ1) is 5.13. The Morgan fingerprint density at radius 2 is 1.64 bits per heavy atom. The lowest BCUT2D eigenvalue weighted by molar-refractivity contribution is 0.516. The lowest BCUT2D eigenvalue weighted by Gasteiger charge is -2.28. The molecule has 1 rings (SSSR count). The maximum atomic E-state index is 3.71. The molecule has 3 heteroatoms. The van der Waals surface area contributed by atoms with E-state index in [1.165, 1.54) is 38.5 Å². The van der Waals surface area contributed by atoms with E-state index in [1.807, 2.05) is 0 Å². The third kappa shape index (κ3) is 3.35. The van der Waals surface area contributed by atoms with Gasteiger partial charge in [-0.05, 0) is 12.8 Å². The van der Waals surface area contributed by atoms with Gasteiger partial charge in [-0.15, -0.1) is 0 Å². The first-order valence-corrected chi connectivity index (χ1v) is 6.65. The first kappa shape index (κ1) is 10.5. The Balaban J connectivity index is 2.47. The lowest BCUT2D eigenvalue weighted by atomic mass is 10.0. The van der Waals surface area contributed by atoms with Crippen molar-refractivity contribution in [3.63, 3.8) is 0 Å². The summed E-state index contributed by atoms with van der Waals surface area (Å²) in [6.07, 6.45) is 7.98. The van der Waals surface area contributed by atoms with Gasteiger partial charge < -0.3 is 0 Å². The van der Waals surface area contributed by atoms with E-state index >= 15 is 0 Å². The molecule has 66 valence electrons. The molecule has 0 nitrogen and oxygen atoms in total. The Kier molecular flexibility index (Phi) is 4.41. The molecule has 0 bridgehead atoms. The maximum Gasteiger partial charge on any atom is 0.0929 e. The zero-order valence-electron chi connectivity index (χ0n) is 6.45. The second kappa shape index (κ2) is 4.61. The van der Waals surface area contributed by atoms with Gasteiger partial charge in [-0.3, -0.25) is 0 Å². The van der Waals surface area contributed by atoms with Crippen molar-refractivity contribution in [3.8, 4) is 0 Å². The monoisotopic (exact) mass is 346 g/mol. The Morgan fingerprint density at radius 3 is 2.36 bits per heavy atom. The molecule has 0 spiro atoms. The molecule has 0 amide bonds. The van der Waals surface area contributed by atoms with Crippen LogP contribution in [0.1, 0.15) is 38.5 Å². The second-order valence-electron chi connectivity index (χ2n) is 3.18. The van der Waals surface area contributed by atoms with Crippen molar-refractivity contribution in [3.05, 3.63) is 0 Å². The van der Waals surface area contributed by atoms with Gasteiger partial charge in [0, 0.05) is 4.83 Å². The zero-order chi connectivity index (χ0) is 8.32. The first-order valence-electron chi connectivity index (χ1n) is 4.15. The van der Waals surface area contributed by atoms with Crippen molar-refractivity contribution in [2.45, 2.75) is 46.6 Å². The topological polar surface area (TPSA) is 0 Å². The molecule has 1 atom stereocenters. The summed E-state index contributed by atoms with van der Waals surface area (Å²) >= 11 is 11.1. The van der Waals surface area contributed by atoms with Crippen molar-refractivity contribution in [2.75, 3.05) is 0 Å². The Hall–Kier alpha value is 1.44. The molecule has 0 aromatic heterocycles. The average molecular weight is 349 g/mol. The smallest absolute Gasteiger partial charge is 0.0866 e. The fourth-order valence-corrected chi connectivity index (χ4v) is 2.98. The van der Waals surface area contributed by atoms with Gasteiger partial charge >= 0.3 is 0 Å². The van der Waals surface area contributed by atoms with Gasteiger partial charge in [0.1, 0.15) is 0 Å². The van der Waals surface area contributed by atoms with E-state index in [1.54, 1.807) is 0 Å². The summed E-state index contributed by atoms with van der Waals surface area (Å²) < 4.78 is 0.153. The minimum Gasteiger partial charge on any atom is -0.0866 e. The Bertz CT molecular complexity index is 123. The van der Waals surface area contributed by atoms with Crippen molar-refractivity contribution < 1.29 is 0 Å². The third-order valence-corrected chi connectivity index (χ3v) is 6.54. The van der Waals surface area contributed by atoms with E-state index in [2.05, 4.69) is 47.8 Å². The molecule has 0 heterocycles. The van der Waals surface area contributed by atoms with Crippen LogP contribution in [0.2, 0.25) is 0 Å². The van der Waals surface area contributed by atoms with E-state index < -0.39 is 0 Å². The molecule has 1 saturated carbocycles. The summed E-state index contributed by atoms with van der Waals surface area (Å²) in [5.74, 6) is 0. The summed E-state index contributed by atoms with van der Waals surface area (Å²) in [5.41, 5.74) is 0. The largest absolute Gasteiger partial charge is 0.0929 e. The van der Waals surface area contributed by atoms with Crippen LogP contribution in [0.3, 0.4) is 0 Å². The van der Waals surface area contributed by atoms with Gasteiger partial charge in [0.05, 0.1) is 3.23 Å². The van der Waals surface area contributed by atoms with Crippen LogP contribution in [0, 0.1) is 0 Å². The number of hydrogen-bond acceptors (Lipinski definition) is 0. The SMILES string of the molecule is BrC1CCCCCCC1(Br)Br. The zero-order valence-corrected chi connectivity index (χ0v) is 11.2. The summed E-state index contributed by atoms with van der Waals surface area (Å²) in [6.45, 7) is 0. The summed E-state index contributed by atoms with van der Waals surface area (Å²) in [6, 6.07) is 0. The summed E-state index contributed by atoms with van der Waals surface area (Å²) in [4.78, 5) is 0.579. The van der Waals surface area contributed by atoms with Crippen molar-refractivity contribution >= 4 is 47.8 Å². The molecule has 0 saturated heterocycles. The predicted molar refractivity (Wildman–Crippen MR) is 61.0 cm³/mol. The summed E-state index contributed by atoms with van der Waals surface area (Å²) in [7, 11) is 0. The Labute approximate surface area is 93.9 Å². The number of alkyl halides is 3. The van der Waals surface area contributed by atoms with Crippen LogP contribution in [-0.2, 0) is 0 Å². The predicted octanol–water partition coefficient (Wildman–Crippen LogP) is 4.59. The highest BCUT2D eigenvalue weighted by Crippen LogP contribution is 2.43. The highest BCUT2D eigenvalue weighted by atomic mass is 79.9. The molecule has 1 aliphatic carbocycles. The molecule has 1 unspecified atom stereocenters. The van der Waals surface area contributed by atoms with Crippen LogP contribution in [0.25, 0.3) is 0 Å². The molecular formula is C8H13Br3. The van der Waals surface area contributed by atoms with Crippen LogP contribution < -0.4 is 0 Å². The molecule has 0 aromatic rings. The quantitative estimate of drug-likeness (QED) is 0.562. The summed E-state index contributed by atoms with van der Waals surface area (Å²) in [5, 5.41) is 0. The van der Waals surface area contributed by atoms with Crippen LogP contribution in [0.5, 0.6) is 0 Å². The Morgan fingerprint density at radius 1 is 1.00 bits per heavy atom. The molecule has 0 N–H and O–H groups in total. The highest BCUT2D eigenvalue weighted by Gasteiger charge is 2.31. The molecule has 1 aliphatic rings. The average Bonchev–Trinajstić information content (AvgIpc) is 1.93. The number of rotatable bonds is 0. The molecule has 1 fully saturated rings. The standard InChI is InChI=1S/C8H13Br3/c9-7-5-3-1-2-4-6-8(7,10)11/h7H,1-6H2. The fourth-order valence-electron chi connectivity index (χ4n) is 1.41. The van der Waals surface area contributed by atoms with Crippen molar-refractivity contribution in [1.29, 1.82) is 0 Å². The lowest BCUT2D eigenvalue weighted by Crippen LogP contribution is -2.25. The van der Waals surface area contributed by atoms with Gasteiger partial charge in [-0.25, -0.2) is 0 Å².